The predicted octanol–water partition coefficient (Wildman–Crippen LogP) is -2.12. The maximum absolute atomic E-state index is 11.8. The van der Waals surface area contributed by atoms with Crippen LogP contribution in [0.1, 0.15) is 11.7 Å². The van der Waals surface area contributed by atoms with Crippen molar-refractivity contribution in [3.63, 3.8) is 0 Å². The largest absolute Gasteiger partial charge is 0.394 e. The van der Waals surface area contributed by atoms with Gasteiger partial charge in [-0.1, -0.05) is 6.08 Å². The molecule has 1 aromatic rings. The van der Waals surface area contributed by atoms with E-state index in [0.717, 1.165) is 0 Å². The number of nitrogens with zero attached hydrogens (tertiary/aromatic N) is 1. The van der Waals surface area contributed by atoms with Crippen LogP contribution in [-0.4, -0.2) is 49.8 Å². The third-order valence-electron chi connectivity index (χ3n) is 3.21. The van der Waals surface area contributed by atoms with Gasteiger partial charge >= 0.3 is 5.69 Å². The number of aromatic nitrogens is 2. The standard InChI is InChI=1S/C12H16N2O6/c1-2-3-14-4-6(11(18)13-12(14)19)10-9(17)8(16)7(5-15)20-10/h2,4,7-10,15-17H,1,3,5H2,(H,13,18,19)/t7-,8-,9-,10+/m1/s1. The Bertz CT molecular complexity index is 607. The molecule has 2 rings (SSSR count). The van der Waals surface area contributed by atoms with Gasteiger partial charge in [-0.15, -0.1) is 6.58 Å². The maximum atomic E-state index is 11.8. The van der Waals surface area contributed by atoms with Crippen LogP contribution in [0.5, 0.6) is 0 Å². The average Bonchev–Trinajstić information content (AvgIpc) is 2.70. The molecule has 4 N–H and O–H groups in total. The van der Waals surface area contributed by atoms with E-state index in [1.54, 1.807) is 0 Å². The number of hydrogen-bond acceptors (Lipinski definition) is 6. The van der Waals surface area contributed by atoms with E-state index >= 15 is 0 Å². The number of aliphatic hydroxyl groups is 3. The molecule has 0 unspecified atom stereocenters. The van der Waals surface area contributed by atoms with Crippen molar-refractivity contribution in [3.8, 4) is 0 Å². The molecule has 0 spiro atoms. The Hall–Kier alpha value is -1.74. The van der Waals surface area contributed by atoms with E-state index in [4.69, 9.17) is 9.84 Å². The number of rotatable bonds is 4. The van der Waals surface area contributed by atoms with Crippen molar-refractivity contribution < 1.29 is 20.1 Å². The molecule has 110 valence electrons. The minimum absolute atomic E-state index is 0.00829. The summed E-state index contributed by atoms with van der Waals surface area (Å²) >= 11 is 0. The molecule has 20 heavy (non-hydrogen) atoms. The second kappa shape index (κ2) is 5.71. The van der Waals surface area contributed by atoms with Crippen LogP contribution in [0.2, 0.25) is 0 Å². The van der Waals surface area contributed by atoms with Crippen LogP contribution < -0.4 is 11.2 Å². The smallest absolute Gasteiger partial charge is 0.328 e. The SMILES string of the molecule is C=CCn1cc([C@@H]2O[C@H](CO)[C@@H](O)[C@H]2O)c(=O)[nH]c1=O. The molecule has 1 aliphatic rings. The number of nitrogens with one attached hydrogen (secondary N) is 1. The van der Waals surface area contributed by atoms with Gasteiger partial charge in [-0.2, -0.15) is 0 Å². The first-order chi connectivity index (χ1) is 9.49. The fourth-order valence-electron chi connectivity index (χ4n) is 2.16. The molecule has 0 aliphatic carbocycles. The van der Waals surface area contributed by atoms with E-state index in [1.807, 2.05) is 0 Å². The number of hydrogen-bond donors (Lipinski definition) is 4. The summed E-state index contributed by atoms with van der Waals surface area (Å²) in [5.74, 6) is 0. The summed E-state index contributed by atoms with van der Waals surface area (Å²) in [4.78, 5) is 25.4. The van der Waals surface area contributed by atoms with Gasteiger partial charge in [-0.05, 0) is 0 Å². The highest BCUT2D eigenvalue weighted by atomic mass is 16.6. The Morgan fingerprint density at radius 2 is 2.10 bits per heavy atom. The molecule has 1 aromatic heterocycles. The van der Waals surface area contributed by atoms with E-state index in [-0.39, 0.29) is 12.1 Å². The van der Waals surface area contributed by atoms with Gasteiger partial charge < -0.3 is 20.1 Å². The lowest BCUT2D eigenvalue weighted by molar-refractivity contribution is -0.0233. The van der Waals surface area contributed by atoms with Crippen LogP contribution in [0.3, 0.4) is 0 Å². The van der Waals surface area contributed by atoms with Gasteiger partial charge in [-0.25, -0.2) is 4.79 Å². The molecule has 0 amide bonds. The zero-order chi connectivity index (χ0) is 14.9. The Balaban J connectivity index is 2.43. The third-order valence-corrected chi connectivity index (χ3v) is 3.21. The van der Waals surface area contributed by atoms with Crippen LogP contribution >= 0.6 is 0 Å². The molecule has 0 aromatic carbocycles. The van der Waals surface area contributed by atoms with Gasteiger partial charge in [0.25, 0.3) is 5.56 Å². The lowest BCUT2D eigenvalue weighted by atomic mass is 10.0. The molecular weight excluding hydrogens is 268 g/mol. The van der Waals surface area contributed by atoms with Crippen LogP contribution in [0.15, 0.2) is 28.4 Å². The normalized spacial score (nSPS) is 29.6. The van der Waals surface area contributed by atoms with Gasteiger partial charge in [0, 0.05) is 12.7 Å². The third kappa shape index (κ3) is 2.46. The van der Waals surface area contributed by atoms with Crippen molar-refractivity contribution in [3.05, 3.63) is 45.3 Å². The van der Waals surface area contributed by atoms with Gasteiger partial charge in [0.2, 0.25) is 0 Å². The van der Waals surface area contributed by atoms with Crippen molar-refractivity contribution in [2.24, 2.45) is 0 Å². The zero-order valence-electron chi connectivity index (χ0n) is 10.6. The molecule has 8 heteroatoms. The summed E-state index contributed by atoms with van der Waals surface area (Å²) in [6.45, 7) is 3.18. The van der Waals surface area contributed by atoms with Crippen LogP contribution in [0.25, 0.3) is 0 Å². The highest BCUT2D eigenvalue weighted by Crippen LogP contribution is 2.31. The number of H-pyrrole nitrogens is 1. The lowest BCUT2D eigenvalue weighted by Gasteiger charge is -2.15. The van der Waals surface area contributed by atoms with Crippen LogP contribution in [0, 0.1) is 0 Å². The quantitative estimate of drug-likeness (QED) is 0.468. The van der Waals surface area contributed by atoms with E-state index in [2.05, 4.69) is 11.6 Å². The Kier molecular flexibility index (Phi) is 4.19. The van der Waals surface area contributed by atoms with Gasteiger partial charge in [0.1, 0.15) is 24.4 Å². The fourth-order valence-corrected chi connectivity index (χ4v) is 2.16. The Labute approximate surface area is 113 Å². The van der Waals surface area contributed by atoms with Crippen molar-refractivity contribution in [1.82, 2.24) is 9.55 Å². The van der Waals surface area contributed by atoms with Crippen LogP contribution in [-0.2, 0) is 11.3 Å². The topological polar surface area (TPSA) is 125 Å². The molecular formula is C12H16N2O6. The number of allylic oxidation sites excluding steroid dienone is 1. The summed E-state index contributed by atoms with van der Waals surface area (Å²) in [6.07, 6.45) is -2.02. The second-order valence-corrected chi connectivity index (χ2v) is 4.54. The maximum Gasteiger partial charge on any atom is 0.328 e. The molecule has 8 nitrogen and oxygen atoms in total. The van der Waals surface area contributed by atoms with Crippen molar-refractivity contribution in [1.29, 1.82) is 0 Å². The molecule has 0 radical (unpaired) electrons. The van der Waals surface area contributed by atoms with Crippen molar-refractivity contribution in [2.75, 3.05) is 6.61 Å². The summed E-state index contributed by atoms with van der Waals surface area (Å²) < 4.78 is 6.46. The molecule has 1 fully saturated rings. The minimum atomic E-state index is -1.36. The predicted molar refractivity (Wildman–Crippen MR) is 68.2 cm³/mol. The van der Waals surface area contributed by atoms with E-state index < -0.39 is 42.3 Å². The molecule has 2 heterocycles. The van der Waals surface area contributed by atoms with E-state index in [1.165, 1.54) is 16.8 Å². The first-order valence-corrected chi connectivity index (χ1v) is 6.06. The van der Waals surface area contributed by atoms with E-state index in [0.29, 0.717) is 0 Å². The summed E-state index contributed by atoms with van der Waals surface area (Å²) in [7, 11) is 0. The first-order valence-electron chi connectivity index (χ1n) is 6.06. The summed E-state index contributed by atoms with van der Waals surface area (Å²) in [5, 5.41) is 28.6. The zero-order valence-corrected chi connectivity index (χ0v) is 10.6. The molecule has 1 saturated heterocycles. The van der Waals surface area contributed by atoms with Gasteiger partial charge in [0.05, 0.1) is 12.2 Å². The van der Waals surface area contributed by atoms with E-state index in [9.17, 15) is 19.8 Å². The Morgan fingerprint density at radius 1 is 1.40 bits per heavy atom. The number of ether oxygens (including phenoxy) is 1. The molecule has 0 bridgehead atoms. The average molecular weight is 284 g/mol. The number of aromatic amines is 1. The molecule has 1 aliphatic heterocycles. The molecule has 0 saturated carbocycles. The Morgan fingerprint density at radius 3 is 2.65 bits per heavy atom. The lowest BCUT2D eigenvalue weighted by Crippen LogP contribution is -2.36. The first kappa shape index (κ1) is 14.7. The summed E-state index contributed by atoms with van der Waals surface area (Å²) in [5.41, 5.74) is -1.30. The minimum Gasteiger partial charge on any atom is -0.394 e. The fraction of sp³-hybridized carbons (Fsp3) is 0.500. The van der Waals surface area contributed by atoms with Crippen molar-refractivity contribution >= 4 is 0 Å². The highest BCUT2D eigenvalue weighted by molar-refractivity contribution is 5.14. The second-order valence-electron chi connectivity index (χ2n) is 4.54. The van der Waals surface area contributed by atoms with Crippen molar-refractivity contribution in [2.45, 2.75) is 31.0 Å². The van der Waals surface area contributed by atoms with Gasteiger partial charge in [0.15, 0.2) is 0 Å². The van der Waals surface area contributed by atoms with Gasteiger partial charge in [-0.3, -0.25) is 14.3 Å². The molecule has 4 atom stereocenters. The van der Waals surface area contributed by atoms with Crippen LogP contribution in [0.4, 0.5) is 0 Å². The monoisotopic (exact) mass is 284 g/mol. The number of aliphatic hydroxyl groups excluding tert-OH is 3. The highest BCUT2D eigenvalue weighted by Gasteiger charge is 2.44. The summed E-state index contributed by atoms with van der Waals surface area (Å²) in [6, 6.07) is 0.